The molecular weight excluding hydrogens is 382 g/mol. The van der Waals surface area contributed by atoms with Crippen molar-refractivity contribution in [1.29, 1.82) is 0 Å². The van der Waals surface area contributed by atoms with E-state index in [9.17, 15) is 4.39 Å². The van der Waals surface area contributed by atoms with Crippen LogP contribution in [-0.2, 0) is 24.1 Å². The number of nitrogens with zero attached hydrogens (tertiary/aromatic N) is 2. The number of aryl methyl sites for hydroxylation is 3. The number of unbranched alkanes of at least 4 members (excludes halogenated alkanes) is 5. The van der Waals surface area contributed by atoms with E-state index in [-0.39, 0.29) is 5.82 Å². The van der Waals surface area contributed by atoms with Gasteiger partial charge in [0.1, 0.15) is 18.2 Å². The number of benzene rings is 1. The first-order valence-electron chi connectivity index (χ1n) is 9.83. The van der Waals surface area contributed by atoms with Crippen LogP contribution >= 0.6 is 7.82 Å². The number of rotatable bonds is 11. The monoisotopic (exact) mass is 414 g/mol. The predicted octanol–water partition coefficient (Wildman–Crippen LogP) is 3.35. The van der Waals surface area contributed by atoms with Gasteiger partial charge in [-0.15, -0.1) is 0 Å². The summed E-state index contributed by atoms with van der Waals surface area (Å²) >= 11 is 0. The van der Waals surface area contributed by atoms with Crippen LogP contribution in [0.15, 0.2) is 43.0 Å². The summed E-state index contributed by atoms with van der Waals surface area (Å²) in [7, 11) is -4.89. The van der Waals surface area contributed by atoms with Crippen LogP contribution in [0.2, 0.25) is 0 Å². The fourth-order valence-electron chi connectivity index (χ4n) is 2.88. The van der Waals surface area contributed by atoms with Crippen molar-refractivity contribution in [3.63, 3.8) is 0 Å². The Bertz CT molecular complexity index is 692. The van der Waals surface area contributed by atoms with Crippen molar-refractivity contribution >= 4 is 7.82 Å². The number of halogens is 1. The molecule has 0 saturated heterocycles. The van der Waals surface area contributed by atoms with Gasteiger partial charge in [-0.25, -0.2) is 13.5 Å². The van der Waals surface area contributed by atoms with Crippen molar-refractivity contribution in [1.82, 2.24) is 4.57 Å². The first-order chi connectivity index (χ1) is 13.3. The van der Waals surface area contributed by atoms with E-state index in [1.54, 1.807) is 12.1 Å². The Labute approximate surface area is 166 Å². The number of aromatic nitrogens is 2. The van der Waals surface area contributed by atoms with Gasteiger partial charge < -0.3 is 14.7 Å². The summed E-state index contributed by atoms with van der Waals surface area (Å²) in [6, 6.07) is 6.87. The van der Waals surface area contributed by atoms with Gasteiger partial charge in [0.2, 0.25) is 6.33 Å². The van der Waals surface area contributed by atoms with E-state index in [0.717, 1.165) is 32.4 Å². The molecule has 0 bridgehead atoms. The fourth-order valence-corrected chi connectivity index (χ4v) is 2.88. The molecule has 0 saturated carbocycles. The molecule has 0 aliphatic heterocycles. The molecule has 1 heterocycles. The van der Waals surface area contributed by atoms with Crippen molar-refractivity contribution in [3.05, 3.63) is 54.4 Å². The third kappa shape index (κ3) is 13.6. The Hall–Kier alpha value is -1.53. The van der Waals surface area contributed by atoms with Crippen LogP contribution in [0, 0.1) is 5.82 Å². The molecule has 0 unspecified atom stereocenters. The molecule has 0 radical (unpaired) electrons. The largest absolute Gasteiger partial charge is 0.756 e. The first-order valence-corrected chi connectivity index (χ1v) is 11.4. The molecule has 1 aromatic heterocycles. The van der Waals surface area contributed by atoms with Crippen molar-refractivity contribution < 1.29 is 28.2 Å². The lowest BCUT2D eigenvalue weighted by atomic mass is 10.1. The first kappa shape index (κ1) is 24.5. The topological polar surface area (TPSA) is 89.4 Å². The molecule has 1 aromatic carbocycles. The van der Waals surface area contributed by atoms with Gasteiger partial charge in [0.25, 0.3) is 7.82 Å². The summed E-state index contributed by atoms with van der Waals surface area (Å²) in [6.45, 7) is 4.45. The van der Waals surface area contributed by atoms with Gasteiger partial charge in [0.15, 0.2) is 0 Å². The minimum absolute atomic E-state index is 0.152. The van der Waals surface area contributed by atoms with Crippen LogP contribution in [0.25, 0.3) is 0 Å². The zero-order valence-corrected chi connectivity index (χ0v) is 17.4. The van der Waals surface area contributed by atoms with Crippen LogP contribution in [0.5, 0.6) is 0 Å². The summed E-state index contributed by atoms with van der Waals surface area (Å²) in [5.41, 5.74) is 1.22. The van der Waals surface area contributed by atoms with Gasteiger partial charge in [0.05, 0.1) is 13.1 Å². The predicted molar refractivity (Wildman–Crippen MR) is 105 cm³/mol. The molecule has 0 atom stereocenters. The average molecular weight is 414 g/mol. The standard InChI is InChI=1S/C20H30FN2.H3O4P/c1-2-3-4-5-7-14-22-16-17-23(18-22)15-8-6-9-19-10-12-20(21)13-11-19;1-5(2,3)4/h10-13,16-18H,2-9,14-15H2,1H3;(H3,1,2,3,4)/q+1;/p-1. The van der Waals surface area contributed by atoms with E-state index in [2.05, 4.69) is 34.8 Å². The second-order valence-electron chi connectivity index (χ2n) is 6.88. The highest BCUT2D eigenvalue weighted by molar-refractivity contribution is 7.43. The lowest BCUT2D eigenvalue weighted by Crippen LogP contribution is -2.30. The fraction of sp³-hybridized carbons (Fsp3) is 0.550. The van der Waals surface area contributed by atoms with Gasteiger partial charge >= 0.3 is 0 Å². The van der Waals surface area contributed by atoms with Crippen LogP contribution in [0.4, 0.5) is 4.39 Å². The normalized spacial score (nSPS) is 11.2. The summed E-state index contributed by atoms with van der Waals surface area (Å²) in [5, 5.41) is 0. The molecule has 0 fully saturated rings. The number of hydrogen-bond acceptors (Lipinski definition) is 2. The lowest BCUT2D eigenvalue weighted by molar-refractivity contribution is -0.696. The van der Waals surface area contributed by atoms with Gasteiger partial charge in [-0.05, 0) is 49.8 Å². The van der Waals surface area contributed by atoms with Crippen LogP contribution in [0.3, 0.4) is 0 Å². The molecule has 2 rings (SSSR count). The minimum Gasteiger partial charge on any atom is -0.756 e. The molecule has 2 aromatic rings. The van der Waals surface area contributed by atoms with E-state index < -0.39 is 7.82 Å². The summed E-state index contributed by atoms with van der Waals surface area (Å²) in [5.74, 6) is -0.152. The number of hydrogen-bond donors (Lipinski definition) is 2. The second kappa shape index (κ2) is 13.6. The second-order valence-corrected chi connectivity index (χ2v) is 7.86. The zero-order valence-electron chi connectivity index (χ0n) is 16.5. The van der Waals surface area contributed by atoms with Crippen LogP contribution in [0.1, 0.15) is 57.4 Å². The highest BCUT2D eigenvalue weighted by Gasteiger charge is 2.03. The quantitative estimate of drug-likeness (QED) is 0.335. The molecule has 28 heavy (non-hydrogen) atoms. The van der Waals surface area contributed by atoms with Crippen LogP contribution in [-0.4, -0.2) is 14.4 Å². The summed E-state index contributed by atoms with van der Waals surface area (Å²) in [6.07, 6.45) is 16.5. The van der Waals surface area contributed by atoms with E-state index in [1.807, 2.05) is 12.1 Å². The Balaban J connectivity index is 0.000000696. The highest BCUT2D eigenvalue weighted by atomic mass is 31.2. The summed E-state index contributed by atoms with van der Waals surface area (Å²) < 4.78 is 26.2. The molecule has 0 aliphatic carbocycles. The molecule has 0 spiro atoms. The van der Waals surface area contributed by atoms with Gasteiger partial charge in [-0.3, -0.25) is 4.57 Å². The van der Waals surface area contributed by atoms with Crippen molar-refractivity contribution in [2.24, 2.45) is 0 Å². The molecule has 6 nitrogen and oxygen atoms in total. The summed E-state index contributed by atoms with van der Waals surface area (Å²) in [4.78, 5) is 22.9. The van der Waals surface area contributed by atoms with E-state index >= 15 is 0 Å². The highest BCUT2D eigenvalue weighted by Crippen LogP contribution is 2.19. The van der Waals surface area contributed by atoms with E-state index in [0.29, 0.717) is 0 Å². The molecule has 2 N–H and O–H groups in total. The van der Waals surface area contributed by atoms with Crippen LogP contribution < -0.4 is 9.46 Å². The lowest BCUT2D eigenvalue weighted by Gasteiger charge is -2.01. The third-order valence-electron chi connectivity index (χ3n) is 4.31. The Morgan fingerprint density at radius 3 is 2.36 bits per heavy atom. The van der Waals surface area contributed by atoms with Crippen molar-refractivity contribution in [3.8, 4) is 0 Å². The zero-order chi connectivity index (χ0) is 20.8. The van der Waals surface area contributed by atoms with Crippen molar-refractivity contribution in [2.75, 3.05) is 0 Å². The van der Waals surface area contributed by atoms with Gasteiger partial charge in [-0.2, -0.15) is 0 Å². The molecule has 0 aliphatic rings. The third-order valence-corrected chi connectivity index (χ3v) is 4.31. The van der Waals surface area contributed by atoms with Crippen molar-refractivity contribution in [2.45, 2.75) is 71.4 Å². The molecular formula is C20H32FN2O4P. The average Bonchev–Trinajstić information content (AvgIpc) is 3.06. The molecule has 158 valence electrons. The smallest absolute Gasteiger partial charge is 0.262 e. The maximum atomic E-state index is 12.8. The maximum Gasteiger partial charge on any atom is 0.262 e. The Kier molecular flexibility index (Phi) is 11.9. The van der Waals surface area contributed by atoms with E-state index in [4.69, 9.17) is 19.2 Å². The van der Waals surface area contributed by atoms with Gasteiger partial charge in [0, 0.05) is 0 Å². The molecule has 0 amide bonds. The number of imidazole rings is 1. The molecule has 8 heteroatoms. The van der Waals surface area contributed by atoms with E-state index in [1.165, 1.54) is 37.7 Å². The Morgan fingerprint density at radius 1 is 1.07 bits per heavy atom. The Morgan fingerprint density at radius 2 is 1.71 bits per heavy atom. The minimum atomic E-state index is -4.89. The number of phosphoric acid groups is 1. The van der Waals surface area contributed by atoms with Gasteiger partial charge in [-0.1, -0.05) is 38.3 Å². The SMILES string of the molecule is CCCCCCC[n+]1ccn(CCCCc2ccc(F)cc2)c1.O=P([O-])(O)O. The maximum absolute atomic E-state index is 12.8.